The number of benzene rings is 1. The first-order chi connectivity index (χ1) is 7.15. The van der Waals surface area contributed by atoms with Crippen LogP contribution in [0.1, 0.15) is 25.5 Å². The molecule has 0 radical (unpaired) electrons. The highest BCUT2D eigenvalue weighted by atomic mass is 79.9. The average molecular weight is 292 g/mol. The highest BCUT2D eigenvalue weighted by Crippen LogP contribution is 2.27. The molecular weight excluding hydrogens is 275 g/mol. The van der Waals surface area contributed by atoms with Gasteiger partial charge in [0.1, 0.15) is 0 Å². The van der Waals surface area contributed by atoms with Gasteiger partial charge >= 0.3 is 0 Å². The minimum Gasteiger partial charge on any atom is -0.372 e. The second kappa shape index (κ2) is 6.51. The number of hydrogen-bond acceptors (Lipinski definition) is 1. The van der Waals surface area contributed by atoms with Crippen LogP contribution in [0.2, 0.25) is 5.02 Å². The van der Waals surface area contributed by atoms with E-state index in [1.165, 1.54) is 0 Å². The van der Waals surface area contributed by atoms with Crippen molar-refractivity contribution in [3.8, 4) is 0 Å². The van der Waals surface area contributed by atoms with Crippen molar-refractivity contribution in [2.24, 2.45) is 5.92 Å². The monoisotopic (exact) mass is 290 g/mol. The van der Waals surface area contributed by atoms with Crippen molar-refractivity contribution in [2.45, 2.75) is 20.0 Å². The Morgan fingerprint density at radius 2 is 2.00 bits per heavy atom. The first kappa shape index (κ1) is 13.0. The molecule has 1 aromatic carbocycles. The zero-order chi connectivity index (χ0) is 11.3. The lowest BCUT2D eigenvalue weighted by atomic mass is 10.1. The fourth-order valence-corrected chi connectivity index (χ4v) is 2.06. The van der Waals surface area contributed by atoms with E-state index in [1.807, 2.05) is 24.3 Å². The Morgan fingerprint density at radius 1 is 1.33 bits per heavy atom. The molecule has 1 nitrogen and oxygen atoms in total. The van der Waals surface area contributed by atoms with Crippen molar-refractivity contribution in [2.75, 3.05) is 11.9 Å². The lowest BCUT2D eigenvalue weighted by Crippen LogP contribution is -2.10. The first-order valence-electron chi connectivity index (χ1n) is 5.07. The summed E-state index contributed by atoms with van der Waals surface area (Å²) < 4.78 is 5.79. The van der Waals surface area contributed by atoms with Gasteiger partial charge in [0.25, 0.3) is 0 Å². The highest BCUT2D eigenvalue weighted by molar-refractivity contribution is 9.09. The van der Waals surface area contributed by atoms with Crippen LogP contribution in [0.3, 0.4) is 0 Å². The molecule has 84 valence electrons. The standard InChI is InChI=1S/C12H16BrClO/c1-9(2)8-15-12(7-13)10-5-3-4-6-11(10)14/h3-6,9,12H,7-8H2,1-2H3. The predicted molar refractivity (Wildman–Crippen MR) is 68.8 cm³/mol. The Hall–Kier alpha value is -0.0500. The molecule has 1 unspecified atom stereocenters. The maximum atomic E-state index is 6.11. The van der Waals surface area contributed by atoms with E-state index in [2.05, 4.69) is 29.8 Å². The fraction of sp³-hybridized carbons (Fsp3) is 0.500. The molecule has 0 amide bonds. The van der Waals surface area contributed by atoms with Crippen molar-refractivity contribution in [1.82, 2.24) is 0 Å². The van der Waals surface area contributed by atoms with E-state index >= 15 is 0 Å². The van der Waals surface area contributed by atoms with Crippen LogP contribution in [0.15, 0.2) is 24.3 Å². The topological polar surface area (TPSA) is 9.23 Å². The van der Waals surface area contributed by atoms with Crippen LogP contribution >= 0.6 is 27.5 Å². The van der Waals surface area contributed by atoms with Gasteiger partial charge in [-0.3, -0.25) is 0 Å². The van der Waals surface area contributed by atoms with Crippen molar-refractivity contribution in [1.29, 1.82) is 0 Å². The third-order valence-corrected chi connectivity index (χ3v) is 2.96. The fourth-order valence-electron chi connectivity index (χ4n) is 1.26. The summed E-state index contributed by atoms with van der Waals surface area (Å²) >= 11 is 9.57. The van der Waals surface area contributed by atoms with Gasteiger partial charge in [-0.1, -0.05) is 59.6 Å². The van der Waals surface area contributed by atoms with E-state index in [0.717, 1.165) is 22.5 Å². The molecule has 0 aromatic heterocycles. The second-order valence-electron chi connectivity index (χ2n) is 3.89. The normalized spacial score (nSPS) is 13.1. The van der Waals surface area contributed by atoms with Crippen molar-refractivity contribution < 1.29 is 4.74 Å². The molecule has 1 rings (SSSR count). The van der Waals surface area contributed by atoms with Gasteiger partial charge in [-0.15, -0.1) is 0 Å². The summed E-state index contributed by atoms with van der Waals surface area (Å²) in [6.07, 6.45) is 0.0427. The lowest BCUT2D eigenvalue weighted by Gasteiger charge is -2.18. The number of alkyl halides is 1. The summed E-state index contributed by atoms with van der Waals surface area (Å²) in [7, 11) is 0. The summed E-state index contributed by atoms with van der Waals surface area (Å²) in [5.74, 6) is 0.536. The molecule has 0 spiro atoms. The predicted octanol–water partition coefficient (Wildman–Crippen LogP) is 4.45. The molecule has 0 aliphatic rings. The van der Waals surface area contributed by atoms with Crippen LogP contribution in [0.25, 0.3) is 0 Å². The third-order valence-electron chi connectivity index (χ3n) is 2.02. The largest absolute Gasteiger partial charge is 0.372 e. The molecule has 0 bridgehead atoms. The molecule has 1 atom stereocenters. The SMILES string of the molecule is CC(C)COC(CBr)c1ccccc1Cl. The zero-order valence-electron chi connectivity index (χ0n) is 9.04. The van der Waals surface area contributed by atoms with Crippen molar-refractivity contribution >= 4 is 27.5 Å². The molecular formula is C12H16BrClO. The number of hydrogen-bond donors (Lipinski definition) is 0. The summed E-state index contributed by atoms with van der Waals surface area (Å²) in [6, 6.07) is 7.81. The smallest absolute Gasteiger partial charge is 0.0936 e. The maximum Gasteiger partial charge on any atom is 0.0936 e. The van der Waals surface area contributed by atoms with E-state index < -0.39 is 0 Å². The Morgan fingerprint density at radius 3 is 2.53 bits per heavy atom. The Balaban J connectivity index is 2.70. The minimum atomic E-state index is 0.0427. The molecule has 0 fully saturated rings. The summed E-state index contributed by atoms with van der Waals surface area (Å²) in [5.41, 5.74) is 1.05. The molecule has 0 heterocycles. The number of halogens is 2. The van der Waals surface area contributed by atoms with E-state index in [0.29, 0.717) is 5.92 Å². The van der Waals surface area contributed by atoms with Gasteiger partial charge < -0.3 is 4.74 Å². The summed E-state index contributed by atoms with van der Waals surface area (Å²) in [4.78, 5) is 0. The molecule has 0 N–H and O–H groups in total. The summed E-state index contributed by atoms with van der Waals surface area (Å²) in [6.45, 7) is 5.03. The van der Waals surface area contributed by atoms with Crippen LogP contribution in [0.5, 0.6) is 0 Å². The van der Waals surface area contributed by atoms with Gasteiger partial charge in [-0.2, -0.15) is 0 Å². The third kappa shape index (κ3) is 4.13. The molecule has 0 saturated carbocycles. The Kier molecular flexibility index (Phi) is 5.65. The Bertz CT molecular complexity index is 301. The molecule has 3 heteroatoms. The van der Waals surface area contributed by atoms with Gasteiger partial charge in [-0.05, 0) is 12.0 Å². The van der Waals surface area contributed by atoms with Crippen LogP contribution in [0, 0.1) is 5.92 Å². The summed E-state index contributed by atoms with van der Waals surface area (Å²) in [5, 5.41) is 1.54. The van der Waals surface area contributed by atoms with Crippen LogP contribution in [-0.4, -0.2) is 11.9 Å². The first-order valence-corrected chi connectivity index (χ1v) is 6.57. The maximum absolute atomic E-state index is 6.11. The van der Waals surface area contributed by atoms with E-state index in [1.54, 1.807) is 0 Å². The van der Waals surface area contributed by atoms with Crippen LogP contribution in [0.4, 0.5) is 0 Å². The highest BCUT2D eigenvalue weighted by Gasteiger charge is 2.13. The Labute approximate surface area is 105 Å². The molecule has 0 saturated heterocycles. The molecule has 1 aromatic rings. The van der Waals surface area contributed by atoms with Gasteiger partial charge in [0, 0.05) is 22.5 Å². The zero-order valence-corrected chi connectivity index (χ0v) is 11.4. The van der Waals surface area contributed by atoms with E-state index in [9.17, 15) is 0 Å². The second-order valence-corrected chi connectivity index (χ2v) is 4.95. The molecule has 15 heavy (non-hydrogen) atoms. The van der Waals surface area contributed by atoms with E-state index in [4.69, 9.17) is 16.3 Å². The van der Waals surface area contributed by atoms with Crippen molar-refractivity contribution in [3.05, 3.63) is 34.9 Å². The average Bonchev–Trinajstić information content (AvgIpc) is 2.21. The lowest BCUT2D eigenvalue weighted by molar-refractivity contribution is 0.0508. The molecule has 0 aliphatic heterocycles. The van der Waals surface area contributed by atoms with E-state index in [-0.39, 0.29) is 6.10 Å². The van der Waals surface area contributed by atoms with Gasteiger partial charge in [-0.25, -0.2) is 0 Å². The van der Waals surface area contributed by atoms with Gasteiger partial charge in [0.2, 0.25) is 0 Å². The van der Waals surface area contributed by atoms with Gasteiger partial charge in [0.15, 0.2) is 0 Å². The van der Waals surface area contributed by atoms with Crippen LogP contribution in [-0.2, 0) is 4.74 Å². The van der Waals surface area contributed by atoms with Crippen LogP contribution < -0.4 is 0 Å². The quantitative estimate of drug-likeness (QED) is 0.728. The number of ether oxygens (including phenoxy) is 1. The minimum absolute atomic E-state index is 0.0427. The molecule has 0 aliphatic carbocycles. The van der Waals surface area contributed by atoms with Crippen molar-refractivity contribution in [3.63, 3.8) is 0 Å². The number of rotatable bonds is 5. The van der Waals surface area contributed by atoms with Gasteiger partial charge in [0.05, 0.1) is 6.10 Å².